The Morgan fingerprint density at radius 1 is 1.28 bits per heavy atom. The van der Waals surface area contributed by atoms with Gasteiger partial charge in [-0.25, -0.2) is 13.4 Å². The van der Waals surface area contributed by atoms with Crippen LogP contribution in [0.4, 0.5) is 11.5 Å². The summed E-state index contributed by atoms with van der Waals surface area (Å²) in [4.78, 5) is 7.72. The van der Waals surface area contributed by atoms with Gasteiger partial charge in [-0.1, -0.05) is 6.07 Å². The van der Waals surface area contributed by atoms with Gasteiger partial charge in [-0.3, -0.25) is 9.71 Å². The molecule has 6 nitrogen and oxygen atoms in total. The summed E-state index contributed by atoms with van der Waals surface area (Å²) in [5.74, 6) is 0.164. The van der Waals surface area contributed by atoms with Gasteiger partial charge in [0, 0.05) is 18.1 Å². The van der Waals surface area contributed by atoms with Crippen molar-refractivity contribution in [3.05, 3.63) is 42.4 Å². The highest BCUT2D eigenvalue weighted by Crippen LogP contribution is 2.19. The molecule has 0 saturated carbocycles. The van der Waals surface area contributed by atoms with Crippen LogP contribution in [0.3, 0.4) is 0 Å². The van der Waals surface area contributed by atoms with Gasteiger partial charge in [0.1, 0.15) is 0 Å². The van der Waals surface area contributed by atoms with Gasteiger partial charge in [0.2, 0.25) is 0 Å². The number of sulfonamides is 1. The van der Waals surface area contributed by atoms with Gasteiger partial charge in [-0.2, -0.15) is 0 Å². The highest BCUT2D eigenvalue weighted by atomic mass is 32.2. The van der Waals surface area contributed by atoms with Crippen molar-refractivity contribution in [2.75, 3.05) is 10.5 Å². The third-order valence-corrected chi connectivity index (χ3v) is 3.72. The Hall–Kier alpha value is -2.15. The fourth-order valence-electron chi connectivity index (χ4n) is 1.33. The molecule has 2 aromatic rings. The minimum absolute atomic E-state index is 0.0938. The van der Waals surface area contributed by atoms with Gasteiger partial charge in [0.25, 0.3) is 10.0 Å². The maximum Gasteiger partial charge on any atom is 0.263 e. The number of nitrogens with two attached hydrogens (primary N) is 1. The molecule has 0 atom stereocenters. The maximum absolute atomic E-state index is 12.0. The average Bonchev–Trinajstić information content (AvgIpc) is 2.33. The molecule has 0 unspecified atom stereocenters. The topological polar surface area (TPSA) is 98.0 Å². The molecule has 1 aromatic carbocycles. The summed E-state index contributed by atoms with van der Waals surface area (Å²) in [6, 6.07) is 4.55. The number of nitrogens with zero attached hydrogens (tertiary/aromatic N) is 2. The summed E-state index contributed by atoms with van der Waals surface area (Å²) in [7, 11) is -3.69. The van der Waals surface area contributed by atoms with Crippen LogP contribution in [-0.2, 0) is 10.0 Å². The van der Waals surface area contributed by atoms with Crippen molar-refractivity contribution < 1.29 is 8.42 Å². The molecular weight excluding hydrogens is 252 g/mol. The molecule has 0 aliphatic carbocycles. The number of hydrogen-bond acceptors (Lipinski definition) is 5. The normalized spacial score (nSPS) is 11.2. The molecule has 1 aromatic heterocycles. The molecule has 2 rings (SSSR count). The Morgan fingerprint density at radius 2 is 2.06 bits per heavy atom. The van der Waals surface area contributed by atoms with E-state index in [1.807, 2.05) is 6.92 Å². The highest BCUT2D eigenvalue weighted by Gasteiger charge is 2.15. The van der Waals surface area contributed by atoms with E-state index in [9.17, 15) is 8.42 Å². The zero-order valence-electron chi connectivity index (χ0n) is 9.66. The first kappa shape index (κ1) is 12.3. The third kappa shape index (κ3) is 2.57. The lowest BCUT2D eigenvalue weighted by Crippen LogP contribution is -2.14. The standard InChI is InChI=1S/C11H12N4O2S/c1-8-2-3-9(6-10(8)12)18(16,17)15-11-7-13-4-5-14-11/h2-7H,12H2,1H3,(H,14,15). The monoisotopic (exact) mass is 264 g/mol. The van der Waals surface area contributed by atoms with Crippen molar-refractivity contribution in [1.29, 1.82) is 0 Å². The molecule has 0 aliphatic rings. The van der Waals surface area contributed by atoms with Crippen molar-refractivity contribution >= 4 is 21.5 Å². The van der Waals surface area contributed by atoms with Crippen molar-refractivity contribution in [3.8, 4) is 0 Å². The Kier molecular flexibility index (Phi) is 3.15. The third-order valence-electron chi connectivity index (χ3n) is 2.36. The lowest BCUT2D eigenvalue weighted by atomic mass is 10.2. The predicted octanol–water partition coefficient (Wildman–Crippen LogP) is 1.17. The summed E-state index contributed by atoms with van der Waals surface area (Å²) in [6.07, 6.45) is 4.19. The van der Waals surface area contributed by atoms with Crippen LogP contribution in [0, 0.1) is 6.92 Å². The van der Waals surface area contributed by atoms with E-state index >= 15 is 0 Å². The maximum atomic E-state index is 12.0. The van der Waals surface area contributed by atoms with Crippen LogP contribution in [0.15, 0.2) is 41.7 Å². The van der Waals surface area contributed by atoms with Gasteiger partial charge in [-0.05, 0) is 24.6 Å². The summed E-state index contributed by atoms with van der Waals surface area (Å²) in [6.45, 7) is 1.81. The summed E-state index contributed by atoms with van der Waals surface area (Å²) < 4.78 is 26.4. The number of nitrogen functional groups attached to an aromatic ring is 1. The zero-order valence-corrected chi connectivity index (χ0v) is 10.5. The molecule has 94 valence electrons. The lowest BCUT2D eigenvalue weighted by Gasteiger charge is -2.08. The first-order chi connectivity index (χ1) is 8.49. The van der Waals surface area contributed by atoms with E-state index in [1.54, 1.807) is 6.07 Å². The van der Waals surface area contributed by atoms with Crippen molar-refractivity contribution in [3.63, 3.8) is 0 Å². The lowest BCUT2D eigenvalue weighted by molar-refractivity contribution is 0.601. The first-order valence-electron chi connectivity index (χ1n) is 5.14. The number of hydrogen-bond donors (Lipinski definition) is 2. The Morgan fingerprint density at radius 3 is 2.67 bits per heavy atom. The number of benzene rings is 1. The van der Waals surface area contributed by atoms with Crippen LogP contribution in [0.1, 0.15) is 5.56 Å². The van der Waals surface area contributed by atoms with Crippen LogP contribution < -0.4 is 10.5 Å². The molecule has 0 fully saturated rings. The van der Waals surface area contributed by atoms with Crippen LogP contribution in [0.25, 0.3) is 0 Å². The molecule has 7 heteroatoms. The molecule has 1 heterocycles. The second kappa shape index (κ2) is 4.61. The van der Waals surface area contributed by atoms with Gasteiger partial charge in [0.15, 0.2) is 5.82 Å². The van der Waals surface area contributed by atoms with E-state index in [0.717, 1.165) is 5.56 Å². The number of anilines is 2. The van der Waals surface area contributed by atoms with E-state index in [2.05, 4.69) is 14.7 Å². The van der Waals surface area contributed by atoms with E-state index in [1.165, 1.54) is 30.7 Å². The Labute approximate surface area is 105 Å². The van der Waals surface area contributed by atoms with Crippen molar-refractivity contribution in [2.24, 2.45) is 0 Å². The molecule has 0 radical (unpaired) electrons. The second-order valence-electron chi connectivity index (χ2n) is 3.71. The molecular formula is C11H12N4O2S. The minimum atomic E-state index is -3.69. The van der Waals surface area contributed by atoms with Gasteiger partial charge in [-0.15, -0.1) is 0 Å². The molecule has 0 aliphatic heterocycles. The summed E-state index contributed by atoms with van der Waals surface area (Å²) in [5.41, 5.74) is 6.95. The largest absolute Gasteiger partial charge is 0.398 e. The smallest absolute Gasteiger partial charge is 0.263 e. The summed E-state index contributed by atoms with van der Waals surface area (Å²) >= 11 is 0. The van der Waals surface area contributed by atoms with E-state index in [4.69, 9.17) is 5.73 Å². The Balaban J connectivity index is 2.34. The van der Waals surface area contributed by atoms with E-state index in [0.29, 0.717) is 5.69 Å². The zero-order chi connectivity index (χ0) is 13.2. The van der Waals surface area contributed by atoms with E-state index in [-0.39, 0.29) is 10.7 Å². The van der Waals surface area contributed by atoms with Gasteiger partial charge >= 0.3 is 0 Å². The first-order valence-corrected chi connectivity index (χ1v) is 6.62. The van der Waals surface area contributed by atoms with E-state index < -0.39 is 10.0 Å². The van der Waals surface area contributed by atoms with Crippen LogP contribution in [0.5, 0.6) is 0 Å². The van der Waals surface area contributed by atoms with Crippen LogP contribution >= 0.6 is 0 Å². The number of aromatic nitrogens is 2. The van der Waals surface area contributed by atoms with Crippen LogP contribution in [0.2, 0.25) is 0 Å². The molecule has 0 bridgehead atoms. The second-order valence-corrected chi connectivity index (χ2v) is 5.40. The fraction of sp³-hybridized carbons (Fsp3) is 0.0909. The Bertz CT molecular complexity index is 656. The molecule has 0 amide bonds. The molecule has 0 spiro atoms. The number of aryl methyl sites for hydroxylation is 1. The van der Waals surface area contributed by atoms with Gasteiger partial charge < -0.3 is 5.73 Å². The summed E-state index contributed by atoms with van der Waals surface area (Å²) in [5, 5.41) is 0. The fourth-order valence-corrected chi connectivity index (χ4v) is 2.36. The van der Waals surface area contributed by atoms with Gasteiger partial charge in [0.05, 0.1) is 11.1 Å². The number of rotatable bonds is 3. The molecule has 0 saturated heterocycles. The average molecular weight is 264 g/mol. The van der Waals surface area contributed by atoms with Crippen LogP contribution in [-0.4, -0.2) is 18.4 Å². The molecule has 3 N–H and O–H groups in total. The SMILES string of the molecule is Cc1ccc(S(=O)(=O)Nc2cnccn2)cc1N. The number of nitrogens with one attached hydrogen (secondary N) is 1. The molecule has 18 heavy (non-hydrogen) atoms. The van der Waals surface area contributed by atoms with Crippen molar-refractivity contribution in [2.45, 2.75) is 11.8 Å². The quantitative estimate of drug-likeness (QED) is 0.811. The predicted molar refractivity (Wildman–Crippen MR) is 68.4 cm³/mol. The highest BCUT2D eigenvalue weighted by molar-refractivity contribution is 7.92. The minimum Gasteiger partial charge on any atom is -0.398 e. The van der Waals surface area contributed by atoms with Crippen molar-refractivity contribution in [1.82, 2.24) is 9.97 Å².